The van der Waals surface area contributed by atoms with Gasteiger partial charge in [-0.05, 0) is 18.6 Å². The van der Waals surface area contributed by atoms with Crippen molar-refractivity contribution in [2.75, 3.05) is 13.7 Å². The van der Waals surface area contributed by atoms with Crippen LogP contribution in [0.25, 0.3) is 0 Å². The highest BCUT2D eigenvalue weighted by molar-refractivity contribution is 7.78. The Morgan fingerprint density at radius 1 is 1.50 bits per heavy atom. The first-order valence-corrected chi connectivity index (χ1v) is 6.01. The van der Waals surface area contributed by atoms with E-state index in [9.17, 15) is 13.7 Å². The molecular formula is C10H13NO4S. The van der Waals surface area contributed by atoms with E-state index in [0.29, 0.717) is 28.4 Å². The Labute approximate surface area is 96.3 Å². The molecule has 0 fully saturated rings. The van der Waals surface area contributed by atoms with Crippen molar-refractivity contribution < 1.29 is 18.3 Å². The van der Waals surface area contributed by atoms with E-state index in [0.717, 1.165) is 0 Å². The van der Waals surface area contributed by atoms with E-state index in [4.69, 9.17) is 4.74 Å². The van der Waals surface area contributed by atoms with Gasteiger partial charge in [0.15, 0.2) is 12.8 Å². The Bertz CT molecular complexity index is 419. The number of benzene rings is 1. The Kier molecular flexibility index (Phi) is 4.57. The van der Waals surface area contributed by atoms with Crippen molar-refractivity contribution in [1.29, 1.82) is 0 Å². The summed E-state index contributed by atoms with van der Waals surface area (Å²) in [5, 5.41) is 0. The normalized spacial score (nSPS) is 12.2. The van der Waals surface area contributed by atoms with Crippen molar-refractivity contribution in [3.05, 3.63) is 28.7 Å². The fourth-order valence-corrected chi connectivity index (χ4v) is 1.77. The van der Waals surface area contributed by atoms with Gasteiger partial charge in [-0.25, -0.2) is 0 Å². The fourth-order valence-electron chi connectivity index (χ4n) is 1.32. The second-order valence-electron chi connectivity index (χ2n) is 3.18. The SMILES string of the molecule is CCOc1cc(CS(=O)[O-])ccc1[N+](C)=O. The summed E-state index contributed by atoms with van der Waals surface area (Å²) in [5.74, 6) is 0.325. The van der Waals surface area contributed by atoms with E-state index in [1.54, 1.807) is 25.1 Å². The Balaban J connectivity index is 3.06. The second kappa shape index (κ2) is 5.72. The molecule has 0 spiro atoms. The molecule has 0 saturated heterocycles. The van der Waals surface area contributed by atoms with Crippen LogP contribution in [-0.4, -0.2) is 27.2 Å². The summed E-state index contributed by atoms with van der Waals surface area (Å²) in [6.07, 6.45) is 0. The number of nitroso groups, excluding NO2 is 1. The molecule has 6 heteroatoms. The van der Waals surface area contributed by atoms with Crippen LogP contribution >= 0.6 is 0 Å². The first kappa shape index (κ1) is 12.8. The van der Waals surface area contributed by atoms with Crippen molar-refractivity contribution in [2.45, 2.75) is 12.7 Å². The number of ether oxygens (including phenoxy) is 1. The summed E-state index contributed by atoms with van der Waals surface area (Å²) in [6, 6.07) is 4.73. The van der Waals surface area contributed by atoms with E-state index in [1.807, 2.05) is 0 Å². The third-order valence-electron chi connectivity index (χ3n) is 1.95. The number of nitrogens with zero attached hydrogens (tertiary/aromatic N) is 1. The van der Waals surface area contributed by atoms with Crippen LogP contribution in [0.1, 0.15) is 12.5 Å². The average Bonchev–Trinajstić information content (AvgIpc) is 2.17. The van der Waals surface area contributed by atoms with Gasteiger partial charge in [0.2, 0.25) is 0 Å². The lowest BCUT2D eigenvalue weighted by atomic mass is 10.2. The summed E-state index contributed by atoms with van der Waals surface area (Å²) in [6.45, 7) is 2.22. The molecule has 0 heterocycles. The van der Waals surface area contributed by atoms with E-state index < -0.39 is 11.1 Å². The van der Waals surface area contributed by atoms with Crippen LogP contribution in [0.3, 0.4) is 0 Å². The molecule has 88 valence electrons. The summed E-state index contributed by atoms with van der Waals surface area (Å²) in [5.41, 5.74) is 0.990. The number of rotatable bonds is 5. The molecule has 0 saturated carbocycles. The molecule has 0 radical (unpaired) electrons. The minimum atomic E-state index is -2.14. The number of hydrogen-bond donors (Lipinski definition) is 0. The minimum Gasteiger partial charge on any atom is -0.772 e. The van der Waals surface area contributed by atoms with Crippen LogP contribution < -0.4 is 4.74 Å². The lowest BCUT2D eigenvalue weighted by Crippen LogP contribution is -2.01. The summed E-state index contributed by atoms with van der Waals surface area (Å²) in [7, 11) is 1.36. The maximum Gasteiger partial charge on any atom is 0.297 e. The predicted octanol–water partition coefficient (Wildman–Crippen LogP) is 1.50. The van der Waals surface area contributed by atoms with Crippen LogP contribution in [0.5, 0.6) is 5.75 Å². The monoisotopic (exact) mass is 243 g/mol. The summed E-state index contributed by atoms with van der Waals surface area (Å²) < 4.78 is 27.0. The molecule has 0 aliphatic heterocycles. The Morgan fingerprint density at radius 3 is 2.69 bits per heavy atom. The molecule has 0 N–H and O–H groups in total. The lowest BCUT2D eigenvalue weighted by Gasteiger charge is -2.08. The van der Waals surface area contributed by atoms with Crippen molar-refractivity contribution in [3.8, 4) is 5.75 Å². The topological polar surface area (TPSA) is 69.4 Å². The highest BCUT2D eigenvalue weighted by Crippen LogP contribution is 2.27. The average molecular weight is 243 g/mol. The summed E-state index contributed by atoms with van der Waals surface area (Å²) in [4.78, 5) is 11.2. The molecule has 0 aliphatic carbocycles. The predicted molar refractivity (Wildman–Crippen MR) is 59.4 cm³/mol. The maximum absolute atomic E-state index is 11.2. The van der Waals surface area contributed by atoms with Gasteiger partial charge in [0.05, 0.1) is 6.61 Å². The quantitative estimate of drug-likeness (QED) is 0.580. The van der Waals surface area contributed by atoms with Crippen LogP contribution in [0, 0.1) is 4.91 Å². The largest absolute Gasteiger partial charge is 0.772 e. The molecule has 0 aliphatic rings. The molecule has 1 unspecified atom stereocenters. The maximum atomic E-state index is 11.2. The van der Waals surface area contributed by atoms with Gasteiger partial charge in [0.25, 0.3) is 5.69 Å². The van der Waals surface area contributed by atoms with Gasteiger partial charge in [0, 0.05) is 21.5 Å². The van der Waals surface area contributed by atoms with E-state index in [1.165, 1.54) is 7.05 Å². The standard InChI is InChI=1S/C10H13NO4S/c1-3-15-10-6-8(7-16(13)14)4-5-9(10)11(2)12/h4-6H,3,7H2,1-2H3. The molecule has 5 nitrogen and oxygen atoms in total. The molecule has 1 atom stereocenters. The molecule has 0 aromatic heterocycles. The lowest BCUT2D eigenvalue weighted by molar-refractivity contribution is -0.429. The van der Waals surface area contributed by atoms with E-state index >= 15 is 0 Å². The van der Waals surface area contributed by atoms with Gasteiger partial charge in [-0.2, -0.15) is 0 Å². The zero-order chi connectivity index (χ0) is 12.1. The third kappa shape index (κ3) is 3.39. The summed E-state index contributed by atoms with van der Waals surface area (Å²) >= 11 is -2.14. The van der Waals surface area contributed by atoms with Crippen molar-refractivity contribution in [3.63, 3.8) is 0 Å². The van der Waals surface area contributed by atoms with E-state index in [2.05, 4.69) is 0 Å². The van der Waals surface area contributed by atoms with Crippen LogP contribution in [0.4, 0.5) is 5.69 Å². The molecule has 1 aromatic rings. The highest BCUT2D eigenvalue weighted by atomic mass is 32.2. The van der Waals surface area contributed by atoms with E-state index in [-0.39, 0.29) is 5.75 Å². The van der Waals surface area contributed by atoms with Gasteiger partial charge in [-0.3, -0.25) is 4.21 Å². The zero-order valence-corrected chi connectivity index (χ0v) is 9.95. The highest BCUT2D eigenvalue weighted by Gasteiger charge is 2.15. The van der Waals surface area contributed by atoms with Gasteiger partial charge in [-0.1, -0.05) is 17.1 Å². The van der Waals surface area contributed by atoms with Crippen LogP contribution in [-0.2, 0) is 16.8 Å². The smallest absolute Gasteiger partial charge is 0.297 e. The second-order valence-corrected chi connectivity index (χ2v) is 4.08. The van der Waals surface area contributed by atoms with Crippen molar-refractivity contribution >= 4 is 16.8 Å². The van der Waals surface area contributed by atoms with Crippen LogP contribution in [0.15, 0.2) is 18.2 Å². The van der Waals surface area contributed by atoms with Gasteiger partial charge < -0.3 is 9.29 Å². The first-order chi connectivity index (χ1) is 7.54. The van der Waals surface area contributed by atoms with Gasteiger partial charge in [-0.15, -0.1) is 0 Å². The van der Waals surface area contributed by atoms with Crippen molar-refractivity contribution in [2.24, 2.45) is 0 Å². The van der Waals surface area contributed by atoms with Crippen LogP contribution in [0.2, 0.25) is 0 Å². The third-order valence-corrected chi connectivity index (χ3v) is 2.52. The molecule has 0 amide bonds. The zero-order valence-electron chi connectivity index (χ0n) is 9.13. The molecular weight excluding hydrogens is 230 g/mol. The van der Waals surface area contributed by atoms with Gasteiger partial charge in [0.1, 0.15) is 0 Å². The Morgan fingerprint density at radius 2 is 2.19 bits per heavy atom. The molecule has 0 bridgehead atoms. The fraction of sp³-hybridized carbons (Fsp3) is 0.400. The molecule has 16 heavy (non-hydrogen) atoms. The molecule has 1 aromatic carbocycles. The molecule has 1 rings (SSSR count). The number of hydrogen-bond acceptors (Lipinski definition) is 4. The first-order valence-electron chi connectivity index (χ1n) is 4.77. The minimum absolute atomic E-state index is 0.0804. The van der Waals surface area contributed by atoms with Crippen molar-refractivity contribution in [1.82, 2.24) is 0 Å². The Hall–Kier alpha value is -1.27. The van der Waals surface area contributed by atoms with Gasteiger partial charge >= 0.3 is 0 Å².